The summed E-state index contributed by atoms with van der Waals surface area (Å²) in [5, 5.41) is 8.66. The predicted octanol–water partition coefficient (Wildman–Crippen LogP) is 1.35. The molecule has 15 heavy (non-hydrogen) atoms. The molecule has 1 atom stereocenters. The number of ether oxygens (including phenoxy) is 1. The van der Waals surface area contributed by atoms with Gasteiger partial charge in [-0.05, 0) is 26.7 Å². The standard InChI is InChI=1S/C11H21NO3/c1-3-15-8-9(2)12(10-4-5-10)7-6-11(13)14/h9-10H,3-8H2,1-2H3,(H,13,14). The van der Waals surface area contributed by atoms with E-state index < -0.39 is 5.97 Å². The van der Waals surface area contributed by atoms with Crippen molar-refractivity contribution in [3.8, 4) is 0 Å². The van der Waals surface area contributed by atoms with Gasteiger partial charge >= 0.3 is 5.97 Å². The third-order valence-electron chi connectivity index (χ3n) is 2.73. The lowest BCUT2D eigenvalue weighted by molar-refractivity contribution is -0.137. The van der Waals surface area contributed by atoms with Crippen molar-refractivity contribution in [3.05, 3.63) is 0 Å². The molecule has 88 valence electrons. The Bertz CT molecular complexity index is 204. The summed E-state index contributed by atoms with van der Waals surface area (Å²) < 4.78 is 5.37. The van der Waals surface area contributed by atoms with Gasteiger partial charge in [-0.25, -0.2) is 0 Å². The van der Waals surface area contributed by atoms with Gasteiger partial charge in [0.05, 0.1) is 13.0 Å². The van der Waals surface area contributed by atoms with E-state index in [0.717, 1.165) is 6.61 Å². The lowest BCUT2D eigenvalue weighted by atomic mass is 10.2. The molecule has 1 unspecified atom stereocenters. The third kappa shape index (κ3) is 4.62. The average Bonchev–Trinajstić information content (AvgIpc) is 2.98. The summed E-state index contributed by atoms with van der Waals surface area (Å²) in [4.78, 5) is 12.8. The Balaban J connectivity index is 2.31. The van der Waals surface area contributed by atoms with E-state index in [4.69, 9.17) is 9.84 Å². The van der Waals surface area contributed by atoms with Crippen LogP contribution in [0, 0.1) is 0 Å². The van der Waals surface area contributed by atoms with Crippen molar-refractivity contribution in [2.75, 3.05) is 19.8 Å². The second-order valence-corrected chi connectivity index (χ2v) is 4.12. The number of carboxylic acid groups (broad SMARTS) is 1. The van der Waals surface area contributed by atoms with Crippen molar-refractivity contribution in [1.29, 1.82) is 0 Å². The topological polar surface area (TPSA) is 49.8 Å². The van der Waals surface area contributed by atoms with Crippen molar-refractivity contribution < 1.29 is 14.6 Å². The van der Waals surface area contributed by atoms with Crippen molar-refractivity contribution in [3.63, 3.8) is 0 Å². The van der Waals surface area contributed by atoms with Crippen LogP contribution in [-0.4, -0.2) is 47.8 Å². The molecular weight excluding hydrogens is 194 g/mol. The van der Waals surface area contributed by atoms with Crippen LogP contribution in [0.5, 0.6) is 0 Å². The largest absolute Gasteiger partial charge is 0.481 e. The van der Waals surface area contributed by atoms with Gasteiger partial charge in [-0.3, -0.25) is 9.69 Å². The molecule has 1 N–H and O–H groups in total. The average molecular weight is 215 g/mol. The van der Waals surface area contributed by atoms with E-state index in [1.807, 2.05) is 6.92 Å². The van der Waals surface area contributed by atoms with Crippen LogP contribution < -0.4 is 0 Å². The van der Waals surface area contributed by atoms with Crippen LogP contribution in [0.25, 0.3) is 0 Å². The Labute approximate surface area is 91.2 Å². The molecule has 0 aromatic heterocycles. The van der Waals surface area contributed by atoms with Crippen molar-refractivity contribution in [2.45, 2.75) is 45.2 Å². The molecule has 0 amide bonds. The zero-order valence-electron chi connectivity index (χ0n) is 9.61. The highest BCUT2D eigenvalue weighted by Gasteiger charge is 2.32. The van der Waals surface area contributed by atoms with Gasteiger partial charge in [0, 0.05) is 25.2 Å². The van der Waals surface area contributed by atoms with Gasteiger partial charge in [0.2, 0.25) is 0 Å². The number of hydrogen-bond acceptors (Lipinski definition) is 3. The lowest BCUT2D eigenvalue weighted by Gasteiger charge is -2.28. The zero-order valence-corrected chi connectivity index (χ0v) is 9.61. The van der Waals surface area contributed by atoms with Gasteiger partial charge in [-0.15, -0.1) is 0 Å². The van der Waals surface area contributed by atoms with Crippen LogP contribution in [-0.2, 0) is 9.53 Å². The summed E-state index contributed by atoms with van der Waals surface area (Å²) >= 11 is 0. The highest BCUT2D eigenvalue weighted by atomic mass is 16.5. The SMILES string of the molecule is CCOCC(C)N(CCC(=O)O)C1CC1. The van der Waals surface area contributed by atoms with Crippen molar-refractivity contribution in [1.82, 2.24) is 4.90 Å². The van der Waals surface area contributed by atoms with Gasteiger partial charge in [-0.1, -0.05) is 0 Å². The van der Waals surface area contributed by atoms with Gasteiger partial charge in [0.1, 0.15) is 0 Å². The second kappa shape index (κ2) is 6.08. The maximum absolute atomic E-state index is 10.5. The zero-order chi connectivity index (χ0) is 11.3. The summed E-state index contributed by atoms with van der Waals surface area (Å²) in [6.07, 6.45) is 2.64. The summed E-state index contributed by atoms with van der Waals surface area (Å²) in [5.74, 6) is -0.718. The van der Waals surface area contributed by atoms with Crippen LogP contribution in [0.15, 0.2) is 0 Å². The molecule has 1 aliphatic rings. The van der Waals surface area contributed by atoms with Gasteiger partial charge in [0.15, 0.2) is 0 Å². The van der Waals surface area contributed by atoms with Crippen LogP contribution in [0.1, 0.15) is 33.1 Å². The molecule has 0 aliphatic heterocycles. The Morgan fingerprint density at radius 1 is 1.60 bits per heavy atom. The molecule has 1 fully saturated rings. The van der Waals surface area contributed by atoms with Gasteiger partial charge < -0.3 is 9.84 Å². The van der Waals surface area contributed by atoms with E-state index in [2.05, 4.69) is 11.8 Å². The second-order valence-electron chi connectivity index (χ2n) is 4.12. The van der Waals surface area contributed by atoms with E-state index >= 15 is 0 Å². The maximum Gasteiger partial charge on any atom is 0.304 e. The third-order valence-corrected chi connectivity index (χ3v) is 2.73. The molecule has 1 saturated carbocycles. The van der Waals surface area contributed by atoms with E-state index in [1.54, 1.807) is 0 Å². The first kappa shape index (κ1) is 12.5. The van der Waals surface area contributed by atoms with E-state index in [-0.39, 0.29) is 6.42 Å². The number of nitrogens with zero attached hydrogens (tertiary/aromatic N) is 1. The summed E-state index contributed by atoms with van der Waals surface area (Å²) in [6, 6.07) is 0.927. The van der Waals surface area contributed by atoms with Crippen LogP contribution >= 0.6 is 0 Å². The molecule has 4 nitrogen and oxygen atoms in total. The Morgan fingerprint density at radius 3 is 2.73 bits per heavy atom. The number of hydrogen-bond donors (Lipinski definition) is 1. The van der Waals surface area contributed by atoms with Crippen molar-refractivity contribution >= 4 is 5.97 Å². The highest BCUT2D eigenvalue weighted by Crippen LogP contribution is 2.28. The van der Waals surface area contributed by atoms with Gasteiger partial charge in [0.25, 0.3) is 0 Å². The molecule has 1 rings (SSSR count). The minimum atomic E-state index is -0.718. The maximum atomic E-state index is 10.5. The fourth-order valence-electron chi connectivity index (χ4n) is 1.78. The number of carbonyl (C=O) groups is 1. The predicted molar refractivity (Wildman–Crippen MR) is 57.9 cm³/mol. The quantitative estimate of drug-likeness (QED) is 0.664. The number of rotatable bonds is 8. The Kier molecular flexibility index (Phi) is 5.05. The monoisotopic (exact) mass is 215 g/mol. The van der Waals surface area contributed by atoms with E-state index in [1.165, 1.54) is 12.8 Å². The first-order chi connectivity index (χ1) is 7.15. The van der Waals surface area contributed by atoms with E-state index in [0.29, 0.717) is 25.2 Å². The minimum Gasteiger partial charge on any atom is -0.481 e. The minimum absolute atomic E-state index is 0.229. The van der Waals surface area contributed by atoms with Crippen LogP contribution in [0.4, 0.5) is 0 Å². The van der Waals surface area contributed by atoms with Gasteiger partial charge in [-0.2, -0.15) is 0 Å². The fourth-order valence-corrected chi connectivity index (χ4v) is 1.78. The first-order valence-corrected chi connectivity index (χ1v) is 5.70. The molecule has 0 radical (unpaired) electrons. The normalized spacial score (nSPS) is 18.1. The molecule has 0 heterocycles. The summed E-state index contributed by atoms with van der Waals surface area (Å²) in [5.41, 5.74) is 0. The molecular formula is C11H21NO3. The first-order valence-electron chi connectivity index (χ1n) is 5.70. The fraction of sp³-hybridized carbons (Fsp3) is 0.909. The molecule has 0 saturated heterocycles. The summed E-state index contributed by atoms with van der Waals surface area (Å²) in [6.45, 7) is 6.16. The molecule has 0 spiro atoms. The lowest BCUT2D eigenvalue weighted by Crippen LogP contribution is -2.39. The Hall–Kier alpha value is -0.610. The van der Waals surface area contributed by atoms with E-state index in [9.17, 15) is 4.79 Å². The van der Waals surface area contributed by atoms with Crippen LogP contribution in [0.2, 0.25) is 0 Å². The summed E-state index contributed by atoms with van der Waals surface area (Å²) in [7, 11) is 0. The number of carboxylic acids is 1. The number of aliphatic carboxylic acids is 1. The smallest absolute Gasteiger partial charge is 0.304 e. The Morgan fingerprint density at radius 2 is 2.27 bits per heavy atom. The van der Waals surface area contributed by atoms with Crippen LogP contribution in [0.3, 0.4) is 0 Å². The molecule has 4 heteroatoms. The molecule has 1 aliphatic carbocycles. The molecule has 0 aromatic carbocycles. The molecule has 0 aromatic rings. The van der Waals surface area contributed by atoms with Crippen molar-refractivity contribution in [2.24, 2.45) is 0 Å². The highest BCUT2D eigenvalue weighted by molar-refractivity contribution is 5.66. The molecule has 0 bridgehead atoms.